The molecule has 14 heavy (non-hydrogen) atoms. The van der Waals surface area contributed by atoms with Crippen LogP contribution in [0.3, 0.4) is 0 Å². The van der Waals surface area contributed by atoms with Gasteiger partial charge in [-0.1, -0.05) is 44.3 Å². The van der Waals surface area contributed by atoms with Crippen molar-refractivity contribution in [3.05, 3.63) is 0 Å². The van der Waals surface area contributed by atoms with Crippen molar-refractivity contribution in [2.45, 2.75) is 50.7 Å². The summed E-state index contributed by atoms with van der Waals surface area (Å²) in [5, 5.41) is 0. The lowest BCUT2D eigenvalue weighted by molar-refractivity contribution is 0.408. The predicted octanol–water partition coefficient (Wildman–Crippen LogP) is 3.40. The van der Waals surface area contributed by atoms with E-state index in [-0.39, 0.29) is 8.80 Å². The van der Waals surface area contributed by atoms with Gasteiger partial charge in [-0.05, 0) is 27.1 Å². The van der Waals surface area contributed by atoms with Gasteiger partial charge in [0.15, 0.2) is 0 Å². The third-order valence-corrected chi connectivity index (χ3v) is 7.07. The Balaban J connectivity index is 3.42. The highest BCUT2D eigenvalue weighted by molar-refractivity contribution is 6.77. The second kappa shape index (κ2) is 6.80. The zero-order valence-electron chi connectivity index (χ0n) is 11.0. The Labute approximate surface area is 93.5 Å². The van der Waals surface area contributed by atoms with Crippen LogP contribution < -0.4 is 0 Å². The van der Waals surface area contributed by atoms with Gasteiger partial charge in [0.25, 0.3) is 0 Å². The second-order valence-corrected chi connectivity index (χ2v) is 14.5. The maximum Gasteiger partial charge on any atom is 0.0443 e. The number of hydrogen-bond acceptors (Lipinski definition) is 1. The van der Waals surface area contributed by atoms with Crippen LogP contribution in [0.15, 0.2) is 0 Å². The van der Waals surface area contributed by atoms with Crippen molar-refractivity contribution in [3.8, 4) is 0 Å². The zero-order valence-corrected chi connectivity index (χ0v) is 13.0. The molecule has 0 aromatic heterocycles. The Morgan fingerprint density at radius 1 is 1.07 bits per heavy atom. The Bertz CT molecular complexity index is 141. The van der Waals surface area contributed by atoms with Crippen molar-refractivity contribution >= 4 is 16.9 Å². The summed E-state index contributed by atoms with van der Waals surface area (Å²) < 4.78 is 0. The number of rotatable bonds is 7. The van der Waals surface area contributed by atoms with Crippen LogP contribution in [0.25, 0.3) is 0 Å². The molecule has 0 saturated heterocycles. The Kier molecular flexibility index (Phi) is 6.99. The largest absolute Gasteiger partial charge is 0.309 e. The molecule has 0 unspecified atom stereocenters. The molecule has 0 aromatic carbocycles. The molecule has 1 radical (unpaired) electrons. The fourth-order valence-corrected chi connectivity index (χ4v) is 7.13. The molecule has 0 aliphatic heterocycles. The molecule has 0 aromatic rings. The van der Waals surface area contributed by atoms with Gasteiger partial charge in [-0.3, -0.25) is 0 Å². The summed E-state index contributed by atoms with van der Waals surface area (Å²) >= 11 is 0. The molecule has 0 saturated carbocycles. The molecule has 0 spiro atoms. The van der Waals surface area contributed by atoms with Crippen LogP contribution in [0.5, 0.6) is 0 Å². The van der Waals surface area contributed by atoms with Gasteiger partial charge in [-0.25, -0.2) is 0 Å². The van der Waals surface area contributed by atoms with E-state index in [2.05, 4.69) is 45.2 Å². The van der Waals surface area contributed by atoms with E-state index in [1.807, 2.05) is 0 Å². The Morgan fingerprint density at radius 3 is 2.07 bits per heavy atom. The van der Waals surface area contributed by atoms with Gasteiger partial charge in [0.2, 0.25) is 0 Å². The normalized spacial score (nSPS) is 12.9. The summed E-state index contributed by atoms with van der Waals surface area (Å²) in [5.74, 6) is 0. The van der Waals surface area contributed by atoms with E-state index < -0.39 is 8.07 Å². The first-order valence-corrected chi connectivity index (χ1v) is 11.9. The van der Waals surface area contributed by atoms with Gasteiger partial charge >= 0.3 is 0 Å². The summed E-state index contributed by atoms with van der Waals surface area (Å²) in [4.78, 5) is 2.30. The van der Waals surface area contributed by atoms with Gasteiger partial charge in [0.05, 0.1) is 0 Å². The number of nitrogens with zero attached hydrogens (tertiary/aromatic N) is 1. The SMILES string of the molecule is CN(C)CCC[Si](C)CC[Si](C)(C)C. The maximum absolute atomic E-state index is 2.51. The first kappa shape index (κ1) is 14.4. The lowest BCUT2D eigenvalue weighted by Crippen LogP contribution is -2.22. The van der Waals surface area contributed by atoms with E-state index in [9.17, 15) is 0 Å². The molecule has 0 fully saturated rings. The molecular weight excluding hydrogens is 202 g/mol. The van der Waals surface area contributed by atoms with Crippen molar-refractivity contribution in [1.29, 1.82) is 0 Å². The molecule has 0 aliphatic carbocycles. The van der Waals surface area contributed by atoms with Crippen LogP contribution in [-0.4, -0.2) is 42.4 Å². The summed E-state index contributed by atoms with van der Waals surface area (Å²) in [6.45, 7) is 11.3. The van der Waals surface area contributed by atoms with Crippen LogP contribution in [0, 0.1) is 0 Å². The maximum atomic E-state index is 2.51. The van der Waals surface area contributed by atoms with Crippen molar-refractivity contribution in [1.82, 2.24) is 4.90 Å². The summed E-state index contributed by atoms with van der Waals surface area (Å²) in [7, 11) is 3.57. The van der Waals surface area contributed by atoms with Gasteiger partial charge < -0.3 is 4.90 Å². The smallest absolute Gasteiger partial charge is 0.0443 e. The van der Waals surface area contributed by atoms with Crippen LogP contribution >= 0.6 is 0 Å². The Hall–Kier alpha value is 0.394. The molecule has 1 nitrogen and oxygen atoms in total. The van der Waals surface area contributed by atoms with E-state index in [1.54, 1.807) is 12.1 Å². The first-order valence-electron chi connectivity index (χ1n) is 5.77. The van der Waals surface area contributed by atoms with E-state index in [4.69, 9.17) is 0 Å². The van der Waals surface area contributed by atoms with Gasteiger partial charge in [0.1, 0.15) is 0 Å². The minimum atomic E-state index is -0.766. The van der Waals surface area contributed by atoms with Gasteiger partial charge in [-0.2, -0.15) is 0 Å². The molecule has 0 bridgehead atoms. The van der Waals surface area contributed by atoms with Crippen LogP contribution in [0.4, 0.5) is 0 Å². The lowest BCUT2D eigenvalue weighted by atomic mass is 10.5. The van der Waals surface area contributed by atoms with Crippen molar-refractivity contribution < 1.29 is 0 Å². The molecule has 0 amide bonds. The van der Waals surface area contributed by atoms with Crippen LogP contribution in [-0.2, 0) is 0 Å². The van der Waals surface area contributed by atoms with E-state index in [0.29, 0.717) is 0 Å². The minimum Gasteiger partial charge on any atom is -0.309 e. The third-order valence-electron chi connectivity index (χ3n) is 2.51. The molecule has 3 heteroatoms. The highest BCUT2D eigenvalue weighted by Crippen LogP contribution is 2.16. The minimum absolute atomic E-state index is 0.0101. The van der Waals surface area contributed by atoms with E-state index in [1.165, 1.54) is 19.0 Å². The monoisotopic (exact) mass is 230 g/mol. The van der Waals surface area contributed by atoms with Crippen LogP contribution in [0.2, 0.25) is 44.3 Å². The highest BCUT2D eigenvalue weighted by atomic mass is 28.3. The second-order valence-electron chi connectivity index (χ2n) is 5.92. The van der Waals surface area contributed by atoms with Gasteiger partial charge in [0, 0.05) is 16.9 Å². The molecule has 85 valence electrons. The number of hydrogen-bond donors (Lipinski definition) is 0. The topological polar surface area (TPSA) is 3.24 Å². The average Bonchev–Trinajstić information content (AvgIpc) is 1.99. The fourth-order valence-electron chi connectivity index (χ4n) is 1.41. The highest BCUT2D eigenvalue weighted by Gasteiger charge is 2.15. The molecule has 0 rings (SSSR count). The molecule has 0 heterocycles. The van der Waals surface area contributed by atoms with Crippen LogP contribution in [0.1, 0.15) is 6.42 Å². The predicted molar refractivity (Wildman–Crippen MR) is 72.6 cm³/mol. The van der Waals surface area contributed by atoms with E-state index in [0.717, 1.165) is 0 Å². The molecule has 0 N–H and O–H groups in total. The molecule has 0 atom stereocenters. The third kappa shape index (κ3) is 10.5. The first-order chi connectivity index (χ1) is 6.31. The quantitative estimate of drug-likeness (QED) is 0.606. The Morgan fingerprint density at radius 2 is 1.64 bits per heavy atom. The summed E-state index contributed by atoms with van der Waals surface area (Å²) in [6, 6.07) is 4.60. The van der Waals surface area contributed by atoms with E-state index >= 15 is 0 Å². The van der Waals surface area contributed by atoms with Crippen molar-refractivity contribution in [2.24, 2.45) is 0 Å². The average molecular weight is 231 g/mol. The lowest BCUT2D eigenvalue weighted by Gasteiger charge is -2.18. The fraction of sp³-hybridized carbons (Fsp3) is 1.00. The summed E-state index contributed by atoms with van der Waals surface area (Å²) in [6.07, 6.45) is 1.41. The molecular formula is C11H28NSi2. The van der Waals surface area contributed by atoms with Crippen molar-refractivity contribution in [2.75, 3.05) is 20.6 Å². The zero-order chi connectivity index (χ0) is 11.2. The molecule has 0 aliphatic rings. The van der Waals surface area contributed by atoms with Gasteiger partial charge in [-0.15, -0.1) is 0 Å². The summed E-state index contributed by atoms with van der Waals surface area (Å²) in [5.41, 5.74) is 0. The van der Waals surface area contributed by atoms with Crippen molar-refractivity contribution in [3.63, 3.8) is 0 Å². The standard InChI is InChI=1S/C11H28NSi2/c1-12(2)8-7-9-13(3)10-11-14(4,5)6/h7-11H2,1-6H3.